The van der Waals surface area contributed by atoms with Crippen LogP contribution < -0.4 is 9.47 Å². The Balaban J connectivity index is 1.68. The number of aromatic nitrogens is 3. The number of ketones is 1. The van der Waals surface area contributed by atoms with Crippen LogP contribution in [0.4, 0.5) is 4.39 Å². The Kier molecular flexibility index (Phi) is 5.87. The fourth-order valence-electron chi connectivity index (χ4n) is 2.61. The molecule has 0 N–H and O–H groups in total. The molecule has 1 aromatic carbocycles. The summed E-state index contributed by atoms with van der Waals surface area (Å²) in [4.78, 5) is 23.5. The molecule has 0 saturated carbocycles. The van der Waals surface area contributed by atoms with Crippen molar-refractivity contribution in [3.63, 3.8) is 0 Å². The number of oxazole rings is 1. The number of nitrogens with zero attached hydrogens (tertiary/aromatic N) is 3. The van der Waals surface area contributed by atoms with E-state index in [-0.39, 0.29) is 34.8 Å². The molecule has 0 aliphatic carbocycles. The maximum absolute atomic E-state index is 14.7. The number of benzene rings is 1. The molecule has 0 aliphatic heterocycles. The zero-order valence-electron chi connectivity index (χ0n) is 16.2. The van der Waals surface area contributed by atoms with Gasteiger partial charge in [0.2, 0.25) is 17.6 Å². The van der Waals surface area contributed by atoms with E-state index in [0.29, 0.717) is 30.3 Å². The Morgan fingerprint density at radius 3 is 2.54 bits per heavy atom. The van der Waals surface area contributed by atoms with Crippen molar-refractivity contribution < 1.29 is 23.1 Å². The summed E-state index contributed by atoms with van der Waals surface area (Å²) in [5, 5.41) is 0. The third-order valence-electron chi connectivity index (χ3n) is 3.94. The van der Waals surface area contributed by atoms with Crippen LogP contribution in [0.25, 0.3) is 11.1 Å². The van der Waals surface area contributed by atoms with Gasteiger partial charge in [0.15, 0.2) is 17.2 Å². The number of fused-ring (bicyclic) bond motifs is 1. The fraction of sp³-hybridized carbons (Fsp3) is 0.400. The lowest BCUT2D eigenvalue weighted by atomic mass is 10.1. The van der Waals surface area contributed by atoms with Crippen LogP contribution in [0.1, 0.15) is 45.9 Å². The summed E-state index contributed by atoms with van der Waals surface area (Å²) in [5.74, 6) is 0.445. The summed E-state index contributed by atoms with van der Waals surface area (Å²) in [7, 11) is 0. The first-order valence-corrected chi connectivity index (χ1v) is 9.04. The molecule has 2 aromatic heterocycles. The minimum Gasteiger partial charge on any atom is -0.476 e. The zero-order valence-corrected chi connectivity index (χ0v) is 16.2. The molecular formula is C20H22FN3O4. The minimum atomic E-state index is -0.642. The Morgan fingerprint density at radius 2 is 1.89 bits per heavy atom. The predicted molar refractivity (Wildman–Crippen MR) is 100 cm³/mol. The number of halogens is 1. The highest BCUT2D eigenvalue weighted by atomic mass is 19.1. The Bertz CT molecular complexity index is 969. The van der Waals surface area contributed by atoms with Crippen LogP contribution in [0, 0.1) is 11.7 Å². The van der Waals surface area contributed by atoms with Crippen LogP contribution >= 0.6 is 0 Å². The SMILES string of the molecule is CC(=O)C[C@@H](C)COc1cnc(Oc2ccc3nc(C(C)C)oc3c2F)cn1. The molecule has 3 aromatic rings. The molecule has 0 radical (unpaired) electrons. The quantitative estimate of drug-likeness (QED) is 0.555. The van der Waals surface area contributed by atoms with Gasteiger partial charge in [0.1, 0.15) is 11.3 Å². The van der Waals surface area contributed by atoms with Crippen molar-refractivity contribution in [3.05, 3.63) is 36.2 Å². The number of carbonyl (C=O) groups is 1. The van der Waals surface area contributed by atoms with E-state index in [1.165, 1.54) is 18.5 Å². The first-order chi connectivity index (χ1) is 13.3. The highest BCUT2D eigenvalue weighted by molar-refractivity contribution is 5.76. The standard InChI is InChI=1S/C20H22FN3O4/c1-11(2)20-24-14-5-6-15(18(21)19(14)28-20)27-17-9-22-16(8-23-17)26-10-12(3)7-13(4)25/h5-6,8-9,11-12H,7,10H2,1-4H3/t12-/m1/s1. The molecule has 0 aliphatic rings. The Hall–Kier alpha value is -3.03. The van der Waals surface area contributed by atoms with Gasteiger partial charge in [-0.05, 0) is 25.0 Å². The number of carbonyl (C=O) groups excluding carboxylic acids is 1. The molecule has 0 bridgehead atoms. The summed E-state index contributed by atoms with van der Waals surface area (Å²) >= 11 is 0. The van der Waals surface area contributed by atoms with E-state index in [9.17, 15) is 9.18 Å². The van der Waals surface area contributed by atoms with Crippen molar-refractivity contribution in [1.29, 1.82) is 0 Å². The molecule has 8 heteroatoms. The molecule has 3 rings (SSSR count). The van der Waals surface area contributed by atoms with E-state index < -0.39 is 5.82 Å². The Labute approximate surface area is 161 Å². The lowest BCUT2D eigenvalue weighted by molar-refractivity contribution is -0.118. The number of hydrogen-bond donors (Lipinski definition) is 0. The molecule has 148 valence electrons. The summed E-state index contributed by atoms with van der Waals surface area (Å²) in [5.41, 5.74) is 0.483. The topological polar surface area (TPSA) is 87.3 Å². The van der Waals surface area contributed by atoms with Crippen molar-refractivity contribution in [1.82, 2.24) is 15.0 Å². The van der Waals surface area contributed by atoms with Gasteiger partial charge in [0.25, 0.3) is 0 Å². The van der Waals surface area contributed by atoms with Gasteiger partial charge >= 0.3 is 0 Å². The van der Waals surface area contributed by atoms with Crippen LogP contribution in [-0.2, 0) is 4.79 Å². The lowest BCUT2D eigenvalue weighted by Crippen LogP contribution is -2.12. The lowest BCUT2D eigenvalue weighted by Gasteiger charge is -2.11. The largest absolute Gasteiger partial charge is 0.476 e. The van der Waals surface area contributed by atoms with Crippen molar-refractivity contribution in [3.8, 4) is 17.5 Å². The molecule has 1 atom stereocenters. The summed E-state index contributed by atoms with van der Waals surface area (Å²) < 4.78 is 31.1. The predicted octanol–water partition coefficient (Wildman–Crippen LogP) is 4.67. The number of rotatable bonds is 8. The molecule has 0 unspecified atom stereocenters. The summed E-state index contributed by atoms with van der Waals surface area (Å²) in [6.07, 6.45) is 3.17. The molecule has 28 heavy (non-hydrogen) atoms. The van der Waals surface area contributed by atoms with Crippen LogP contribution in [0.3, 0.4) is 0 Å². The monoisotopic (exact) mass is 387 g/mol. The summed E-state index contributed by atoms with van der Waals surface area (Å²) in [6.45, 7) is 7.64. The van der Waals surface area contributed by atoms with E-state index in [1.54, 1.807) is 13.0 Å². The van der Waals surface area contributed by atoms with Gasteiger partial charge in [-0.25, -0.2) is 15.0 Å². The normalized spacial score (nSPS) is 12.4. The van der Waals surface area contributed by atoms with Crippen molar-refractivity contribution in [2.45, 2.75) is 40.0 Å². The highest BCUT2D eigenvalue weighted by Gasteiger charge is 2.17. The molecule has 7 nitrogen and oxygen atoms in total. The van der Waals surface area contributed by atoms with Crippen LogP contribution in [0.5, 0.6) is 17.5 Å². The second-order valence-corrected chi connectivity index (χ2v) is 7.05. The van der Waals surface area contributed by atoms with Gasteiger partial charge in [-0.2, -0.15) is 4.39 Å². The second kappa shape index (κ2) is 8.33. The number of ether oxygens (including phenoxy) is 2. The maximum Gasteiger partial charge on any atom is 0.238 e. The third-order valence-corrected chi connectivity index (χ3v) is 3.94. The van der Waals surface area contributed by atoms with Gasteiger partial charge in [-0.3, -0.25) is 0 Å². The second-order valence-electron chi connectivity index (χ2n) is 7.05. The first-order valence-electron chi connectivity index (χ1n) is 9.04. The average Bonchev–Trinajstić information content (AvgIpc) is 3.08. The van der Waals surface area contributed by atoms with E-state index in [4.69, 9.17) is 13.9 Å². The average molecular weight is 387 g/mol. The molecule has 0 saturated heterocycles. The van der Waals surface area contributed by atoms with E-state index >= 15 is 0 Å². The molecule has 0 spiro atoms. The van der Waals surface area contributed by atoms with Crippen molar-refractivity contribution >= 4 is 16.9 Å². The number of hydrogen-bond acceptors (Lipinski definition) is 7. The van der Waals surface area contributed by atoms with E-state index in [2.05, 4.69) is 15.0 Å². The molecule has 0 fully saturated rings. The van der Waals surface area contributed by atoms with Gasteiger partial charge in [-0.1, -0.05) is 20.8 Å². The molecule has 0 amide bonds. The smallest absolute Gasteiger partial charge is 0.238 e. The van der Waals surface area contributed by atoms with Crippen LogP contribution in [-0.4, -0.2) is 27.3 Å². The zero-order chi connectivity index (χ0) is 20.3. The van der Waals surface area contributed by atoms with Crippen molar-refractivity contribution in [2.75, 3.05) is 6.61 Å². The highest BCUT2D eigenvalue weighted by Crippen LogP contribution is 2.31. The van der Waals surface area contributed by atoms with Crippen LogP contribution in [0.15, 0.2) is 28.9 Å². The van der Waals surface area contributed by atoms with Crippen LogP contribution in [0.2, 0.25) is 0 Å². The van der Waals surface area contributed by atoms with E-state index in [0.717, 1.165) is 0 Å². The fourth-order valence-corrected chi connectivity index (χ4v) is 2.61. The molecular weight excluding hydrogens is 365 g/mol. The number of Topliss-reactive ketones (excluding diaryl/α,β-unsaturated/α-hetero) is 1. The van der Waals surface area contributed by atoms with E-state index in [1.807, 2.05) is 20.8 Å². The minimum absolute atomic E-state index is 0.0306. The van der Waals surface area contributed by atoms with Gasteiger partial charge in [-0.15, -0.1) is 0 Å². The molecule has 2 heterocycles. The maximum atomic E-state index is 14.7. The van der Waals surface area contributed by atoms with Gasteiger partial charge in [0.05, 0.1) is 19.0 Å². The first kappa shape index (κ1) is 19.7. The third kappa shape index (κ3) is 4.62. The van der Waals surface area contributed by atoms with Gasteiger partial charge < -0.3 is 18.7 Å². The summed E-state index contributed by atoms with van der Waals surface area (Å²) in [6, 6.07) is 3.10. The van der Waals surface area contributed by atoms with Gasteiger partial charge in [0, 0.05) is 12.3 Å². The Morgan fingerprint density at radius 1 is 1.18 bits per heavy atom. The van der Waals surface area contributed by atoms with Crippen molar-refractivity contribution in [2.24, 2.45) is 5.92 Å².